The van der Waals surface area contributed by atoms with Crippen LogP contribution in [-0.4, -0.2) is 16.1 Å². The van der Waals surface area contributed by atoms with Gasteiger partial charge < -0.3 is 9.73 Å². The molecule has 0 aliphatic carbocycles. The van der Waals surface area contributed by atoms with E-state index in [1.165, 1.54) is 6.26 Å². The lowest BCUT2D eigenvalue weighted by atomic mass is 10.1. The first-order valence-electron chi connectivity index (χ1n) is 6.20. The van der Waals surface area contributed by atoms with Crippen LogP contribution in [0, 0.1) is 6.92 Å². The van der Waals surface area contributed by atoms with Crippen molar-refractivity contribution in [2.75, 3.05) is 5.32 Å². The molecule has 1 amide bonds. The SMILES string of the molecule is Cc1[nH]ncc1NC(=O)c1occc1-c1ccccc1. The van der Waals surface area contributed by atoms with Gasteiger partial charge in [-0.05, 0) is 18.6 Å². The van der Waals surface area contributed by atoms with E-state index >= 15 is 0 Å². The number of anilines is 1. The molecule has 2 aromatic heterocycles. The first-order chi connectivity index (χ1) is 9.75. The van der Waals surface area contributed by atoms with Crippen LogP contribution in [0.3, 0.4) is 0 Å². The first kappa shape index (κ1) is 12.2. The fraction of sp³-hybridized carbons (Fsp3) is 0.0667. The molecule has 0 spiro atoms. The molecule has 20 heavy (non-hydrogen) atoms. The Labute approximate surface area is 115 Å². The van der Waals surface area contributed by atoms with Crippen molar-refractivity contribution in [3.05, 3.63) is 60.3 Å². The summed E-state index contributed by atoms with van der Waals surface area (Å²) < 4.78 is 5.33. The highest BCUT2D eigenvalue weighted by Gasteiger charge is 2.17. The zero-order chi connectivity index (χ0) is 13.9. The number of nitrogens with zero attached hydrogens (tertiary/aromatic N) is 1. The number of aromatic nitrogens is 2. The van der Waals surface area contributed by atoms with E-state index in [1.54, 1.807) is 12.3 Å². The molecule has 0 aliphatic heterocycles. The fourth-order valence-electron chi connectivity index (χ4n) is 1.99. The first-order valence-corrected chi connectivity index (χ1v) is 6.20. The Morgan fingerprint density at radius 1 is 1.25 bits per heavy atom. The van der Waals surface area contributed by atoms with Crippen molar-refractivity contribution in [2.45, 2.75) is 6.92 Å². The molecule has 0 unspecified atom stereocenters. The molecule has 0 fully saturated rings. The van der Waals surface area contributed by atoms with E-state index in [-0.39, 0.29) is 11.7 Å². The smallest absolute Gasteiger partial charge is 0.292 e. The Kier molecular flexibility index (Phi) is 3.09. The van der Waals surface area contributed by atoms with E-state index < -0.39 is 0 Å². The Morgan fingerprint density at radius 2 is 2.05 bits per heavy atom. The van der Waals surface area contributed by atoms with Gasteiger partial charge in [-0.15, -0.1) is 0 Å². The van der Waals surface area contributed by atoms with E-state index in [1.807, 2.05) is 37.3 Å². The standard InChI is InChI=1S/C15H13N3O2/c1-10-13(9-16-18-10)17-15(19)14-12(7-8-20-14)11-5-3-2-4-6-11/h2-9H,1H3,(H,16,18)(H,17,19). The molecule has 0 saturated carbocycles. The third-order valence-corrected chi connectivity index (χ3v) is 3.03. The number of hydrogen-bond donors (Lipinski definition) is 2. The quantitative estimate of drug-likeness (QED) is 0.765. The fourth-order valence-corrected chi connectivity index (χ4v) is 1.99. The largest absolute Gasteiger partial charge is 0.459 e. The zero-order valence-corrected chi connectivity index (χ0v) is 10.9. The summed E-state index contributed by atoms with van der Waals surface area (Å²) in [5.41, 5.74) is 3.15. The van der Waals surface area contributed by atoms with Crippen molar-refractivity contribution in [3.63, 3.8) is 0 Å². The van der Waals surface area contributed by atoms with Crippen LogP contribution in [0.2, 0.25) is 0 Å². The molecule has 3 aromatic rings. The lowest BCUT2D eigenvalue weighted by molar-refractivity contribution is 0.0997. The van der Waals surface area contributed by atoms with Crippen LogP contribution in [-0.2, 0) is 0 Å². The van der Waals surface area contributed by atoms with Crippen LogP contribution in [0.4, 0.5) is 5.69 Å². The number of aromatic amines is 1. The van der Waals surface area contributed by atoms with Crippen LogP contribution in [0.25, 0.3) is 11.1 Å². The molecule has 0 atom stereocenters. The summed E-state index contributed by atoms with van der Waals surface area (Å²) in [5, 5.41) is 9.41. The van der Waals surface area contributed by atoms with Crippen molar-refractivity contribution in [1.82, 2.24) is 10.2 Å². The van der Waals surface area contributed by atoms with Crippen molar-refractivity contribution in [2.24, 2.45) is 0 Å². The summed E-state index contributed by atoms with van der Waals surface area (Å²) in [6, 6.07) is 11.4. The van der Waals surface area contributed by atoms with Crippen molar-refractivity contribution < 1.29 is 9.21 Å². The molecule has 3 rings (SSSR count). The maximum Gasteiger partial charge on any atom is 0.292 e. The van der Waals surface area contributed by atoms with Gasteiger partial charge >= 0.3 is 0 Å². The summed E-state index contributed by atoms with van der Waals surface area (Å²) >= 11 is 0. The topological polar surface area (TPSA) is 70.9 Å². The van der Waals surface area contributed by atoms with Gasteiger partial charge in [0.2, 0.25) is 0 Å². The second-order valence-corrected chi connectivity index (χ2v) is 4.39. The lowest BCUT2D eigenvalue weighted by Crippen LogP contribution is -2.12. The van der Waals surface area contributed by atoms with E-state index in [2.05, 4.69) is 15.5 Å². The number of aryl methyl sites for hydroxylation is 1. The normalized spacial score (nSPS) is 10.4. The van der Waals surface area contributed by atoms with Gasteiger partial charge in [0, 0.05) is 5.56 Å². The maximum atomic E-state index is 12.3. The van der Waals surface area contributed by atoms with Gasteiger partial charge in [-0.2, -0.15) is 5.10 Å². The van der Waals surface area contributed by atoms with Crippen molar-refractivity contribution in [1.29, 1.82) is 0 Å². The predicted molar refractivity (Wildman–Crippen MR) is 75.4 cm³/mol. The second-order valence-electron chi connectivity index (χ2n) is 4.39. The Hall–Kier alpha value is -2.82. The number of rotatable bonds is 3. The molecule has 2 N–H and O–H groups in total. The zero-order valence-electron chi connectivity index (χ0n) is 10.9. The van der Waals surface area contributed by atoms with Crippen LogP contribution in [0.5, 0.6) is 0 Å². The average molecular weight is 267 g/mol. The van der Waals surface area contributed by atoms with Gasteiger partial charge in [-0.3, -0.25) is 9.89 Å². The minimum Gasteiger partial charge on any atom is -0.459 e. The van der Waals surface area contributed by atoms with Gasteiger partial charge in [0.25, 0.3) is 5.91 Å². The highest BCUT2D eigenvalue weighted by Crippen LogP contribution is 2.25. The van der Waals surface area contributed by atoms with Crippen LogP contribution in [0.1, 0.15) is 16.2 Å². The monoisotopic (exact) mass is 267 g/mol. The molecule has 0 aliphatic rings. The van der Waals surface area contributed by atoms with E-state index in [4.69, 9.17) is 4.42 Å². The third kappa shape index (κ3) is 2.21. The van der Waals surface area contributed by atoms with E-state index in [0.717, 1.165) is 16.8 Å². The molecule has 0 radical (unpaired) electrons. The lowest BCUT2D eigenvalue weighted by Gasteiger charge is -2.04. The number of benzene rings is 1. The number of hydrogen-bond acceptors (Lipinski definition) is 3. The van der Waals surface area contributed by atoms with Gasteiger partial charge in [-0.25, -0.2) is 0 Å². The third-order valence-electron chi connectivity index (χ3n) is 3.03. The number of carbonyl (C=O) groups excluding carboxylic acids is 1. The number of furan rings is 1. The minimum atomic E-state index is -0.293. The molecule has 2 heterocycles. The van der Waals surface area contributed by atoms with Gasteiger partial charge in [0.1, 0.15) is 0 Å². The maximum absolute atomic E-state index is 12.3. The highest BCUT2D eigenvalue weighted by atomic mass is 16.3. The molecular formula is C15H13N3O2. The summed E-state index contributed by atoms with van der Waals surface area (Å²) in [7, 11) is 0. The van der Waals surface area contributed by atoms with Crippen LogP contribution >= 0.6 is 0 Å². The van der Waals surface area contributed by atoms with Gasteiger partial charge in [-0.1, -0.05) is 30.3 Å². The Bertz CT molecular complexity index is 728. The molecule has 1 aromatic carbocycles. The average Bonchev–Trinajstić information content (AvgIpc) is 3.09. The van der Waals surface area contributed by atoms with E-state index in [0.29, 0.717) is 5.69 Å². The van der Waals surface area contributed by atoms with Gasteiger partial charge in [0.15, 0.2) is 5.76 Å². The second kappa shape index (κ2) is 5.05. The van der Waals surface area contributed by atoms with Crippen molar-refractivity contribution >= 4 is 11.6 Å². The van der Waals surface area contributed by atoms with Crippen molar-refractivity contribution in [3.8, 4) is 11.1 Å². The van der Waals surface area contributed by atoms with Gasteiger partial charge in [0.05, 0.1) is 23.8 Å². The summed E-state index contributed by atoms with van der Waals surface area (Å²) in [6.45, 7) is 1.84. The molecular weight excluding hydrogens is 254 g/mol. The highest BCUT2D eigenvalue weighted by molar-refractivity contribution is 6.06. The molecule has 0 saturated heterocycles. The molecule has 100 valence electrons. The predicted octanol–water partition coefficient (Wildman–Crippen LogP) is 3.23. The number of nitrogens with one attached hydrogen (secondary N) is 2. The molecule has 5 nitrogen and oxygen atoms in total. The van der Waals surface area contributed by atoms with E-state index in [9.17, 15) is 4.79 Å². The molecule has 5 heteroatoms. The number of carbonyl (C=O) groups is 1. The number of H-pyrrole nitrogens is 1. The summed E-state index contributed by atoms with van der Waals surface area (Å²) in [6.07, 6.45) is 3.08. The van der Waals surface area contributed by atoms with Crippen LogP contribution in [0.15, 0.2) is 53.3 Å². The number of amides is 1. The Morgan fingerprint density at radius 3 is 2.75 bits per heavy atom. The van der Waals surface area contributed by atoms with Crippen LogP contribution < -0.4 is 5.32 Å². The summed E-state index contributed by atoms with van der Waals surface area (Å²) in [5.74, 6) is -0.00449. The molecule has 0 bridgehead atoms. The Balaban J connectivity index is 1.90. The minimum absolute atomic E-state index is 0.289. The summed E-state index contributed by atoms with van der Waals surface area (Å²) in [4.78, 5) is 12.3.